The van der Waals surface area contributed by atoms with Gasteiger partial charge in [0.15, 0.2) is 0 Å². The average molecular weight is 265 g/mol. The Morgan fingerprint density at radius 1 is 1.32 bits per heavy atom. The monoisotopic (exact) mass is 265 g/mol. The Hall–Kier alpha value is -2.21. The highest BCUT2D eigenvalue weighted by Gasteiger charge is 2.22. The van der Waals surface area contributed by atoms with Gasteiger partial charge in [0.25, 0.3) is 0 Å². The molecule has 0 N–H and O–H groups in total. The molecule has 1 aromatic heterocycles. The lowest BCUT2D eigenvalue weighted by Gasteiger charge is -1.99. The highest BCUT2D eigenvalue weighted by Crippen LogP contribution is 2.25. The van der Waals surface area contributed by atoms with Crippen molar-refractivity contribution in [2.45, 2.75) is 6.61 Å². The van der Waals surface area contributed by atoms with Gasteiger partial charge in [0.2, 0.25) is 11.7 Å². The normalized spacial score (nSPS) is 10.5. The number of carbonyl (C=O) groups is 1. The van der Waals surface area contributed by atoms with Gasteiger partial charge in [-0.3, -0.25) is 0 Å². The van der Waals surface area contributed by atoms with E-state index in [1.807, 2.05) is 0 Å². The first-order chi connectivity index (χ1) is 9.15. The minimum atomic E-state index is -0.644. The van der Waals surface area contributed by atoms with Gasteiger partial charge < -0.3 is 13.9 Å². The molecule has 2 aromatic rings. The first kappa shape index (κ1) is 13.2. The molecule has 0 spiro atoms. The molecule has 2 rings (SSSR count). The number of ether oxygens (including phenoxy) is 2. The van der Waals surface area contributed by atoms with Crippen molar-refractivity contribution < 1.29 is 23.1 Å². The third-order valence-corrected chi connectivity index (χ3v) is 2.43. The van der Waals surface area contributed by atoms with Crippen LogP contribution < -0.4 is 0 Å². The van der Waals surface area contributed by atoms with Crippen molar-refractivity contribution in [3.63, 3.8) is 0 Å². The van der Waals surface area contributed by atoms with Gasteiger partial charge in [-0.25, -0.2) is 14.2 Å². The molecule has 5 nitrogen and oxygen atoms in total. The second-order valence-electron chi connectivity index (χ2n) is 3.72. The van der Waals surface area contributed by atoms with Crippen molar-refractivity contribution in [1.82, 2.24) is 4.98 Å². The van der Waals surface area contributed by atoms with Crippen LogP contribution in [-0.2, 0) is 16.1 Å². The molecule has 0 saturated carbocycles. The van der Waals surface area contributed by atoms with E-state index in [-0.39, 0.29) is 24.1 Å². The Morgan fingerprint density at radius 3 is 2.58 bits per heavy atom. The zero-order valence-electron chi connectivity index (χ0n) is 10.5. The fourth-order valence-corrected chi connectivity index (χ4v) is 1.58. The zero-order chi connectivity index (χ0) is 13.8. The van der Waals surface area contributed by atoms with Gasteiger partial charge in [-0.1, -0.05) is 0 Å². The molecule has 100 valence electrons. The van der Waals surface area contributed by atoms with Crippen LogP contribution in [0.4, 0.5) is 4.39 Å². The quantitative estimate of drug-likeness (QED) is 0.794. The van der Waals surface area contributed by atoms with E-state index < -0.39 is 5.97 Å². The highest BCUT2D eigenvalue weighted by molar-refractivity contribution is 5.93. The van der Waals surface area contributed by atoms with Gasteiger partial charge in [0.1, 0.15) is 18.1 Å². The van der Waals surface area contributed by atoms with Crippen LogP contribution in [0.25, 0.3) is 11.3 Å². The Morgan fingerprint density at radius 2 is 2.00 bits per heavy atom. The Balaban J connectivity index is 2.47. The summed E-state index contributed by atoms with van der Waals surface area (Å²) in [6, 6.07) is 5.58. The number of rotatable bonds is 4. The van der Waals surface area contributed by atoms with Crippen molar-refractivity contribution in [1.29, 1.82) is 0 Å². The molecule has 19 heavy (non-hydrogen) atoms. The Labute approximate surface area is 109 Å². The van der Waals surface area contributed by atoms with E-state index in [2.05, 4.69) is 9.72 Å². The molecular weight excluding hydrogens is 253 g/mol. The standard InChI is InChI=1S/C13H12FNO4/c1-17-7-10-15-11(12(19-10)13(16)18-2)8-3-5-9(14)6-4-8/h3-6H,7H2,1-2H3. The minimum Gasteiger partial charge on any atom is -0.463 e. The smallest absolute Gasteiger partial charge is 0.376 e. The predicted molar refractivity (Wildman–Crippen MR) is 63.9 cm³/mol. The number of esters is 1. The molecule has 0 amide bonds. The van der Waals surface area contributed by atoms with Gasteiger partial charge in [-0.2, -0.15) is 0 Å². The maximum absolute atomic E-state index is 12.9. The third-order valence-electron chi connectivity index (χ3n) is 2.43. The maximum Gasteiger partial charge on any atom is 0.376 e. The van der Waals surface area contributed by atoms with E-state index in [1.54, 1.807) is 0 Å². The molecule has 0 unspecified atom stereocenters. The average Bonchev–Trinajstić information content (AvgIpc) is 2.83. The van der Waals surface area contributed by atoms with Crippen molar-refractivity contribution in [3.8, 4) is 11.3 Å². The van der Waals surface area contributed by atoms with Crippen LogP contribution in [0.3, 0.4) is 0 Å². The maximum atomic E-state index is 12.9. The first-order valence-corrected chi connectivity index (χ1v) is 5.48. The lowest BCUT2D eigenvalue weighted by atomic mass is 10.1. The second kappa shape index (κ2) is 5.62. The van der Waals surface area contributed by atoms with Crippen molar-refractivity contribution in [2.75, 3.05) is 14.2 Å². The van der Waals surface area contributed by atoms with Crippen LogP contribution in [0.5, 0.6) is 0 Å². The van der Waals surface area contributed by atoms with Crippen LogP contribution in [0, 0.1) is 5.82 Å². The topological polar surface area (TPSA) is 61.6 Å². The fraction of sp³-hybridized carbons (Fsp3) is 0.231. The molecule has 0 aliphatic carbocycles. The lowest BCUT2D eigenvalue weighted by molar-refractivity contribution is 0.0558. The summed E-state index contributed by atoms with van der Waals surface area (Å²) in [5, 5.41) is 0. The molecule has 0 bridgehead atoms. The fourth-order valence-electron chi connectivity index (χ4n) is 1.58. The first-order valence-electron chi connectivity index (χ1n) is 5.48. The molecular formula is C13H12FNO4. The van der Waals surface area contributed by atoms with Crippen LogP contribution >= 0.6 is 0 Å². The second-order valence-corrected chi connectivity index (χ2v) is 3.72. The number of methoxy groups -OCH3 is 2. The SMILES string of the molecule is COCc1nc(-c2ccc(F)cc2)c(C(=O)OC)o1. The van der Waals surface area contributed by atoms with Crippen LogP contribution in [0.2, 0.25) is 0 Å². The van der Waals surface area contributed by atoms with Crippen molar-refractivity contribution in [2.24, 2.45) is 0 Å². The van der Waals surface area contributed by atoms with Gasteiger partial charge in [0, 0.05) is 12.7 Å². The van der Waals surface area contributed by atoms with E-state index in [1.165, 1.54) is 38.5 Å². The van der Waals surface area contributed by atoms with Crippen LogP contribution in [0.15, 0.2) is 28.7 Å². The molecule has 0 aliphatic rings. The van der Waals surface area contributed by atoms with E-state index in [0.717, 1.165) is 0 Å². The molecule has 0 saturated heterocycles. The summed E-state index contributed by atoms with van der Waals surface area (Å²) in [5.41, 5.74) is 0.867. The van der Waals surface area contributed by atoms with Gasteiger partial charge >= 0.3 is 5.97 Å². The summed E-state index contributed by atoms with van der Waals surface area (Å²) in [5.74, 6) is -0.790. The van der Waals surface area contributed by atoms with Gasteiger partial charge in [-0.15, -0.1) is 0 Å². The molecule has 0 aliphatic heterocycles. The van der Waals surface area contributed by atoms with Gasteiger partial charge in [-0.05, 0) is 24.3 Å². The van der Waals surface area contributed by atoms with Gasteiger partial charge in [0.05, 0.1) is 7.11 Å². The summed E-state index contributed by atoms with van der Waals surface area (Å²) in [6.07, 6.45) is 0. The van der Waals surface area contributed by atoms with E-state index in [9.17, 15) is 9.18 Å². The number of aromatic nitrogens is 1. The number of benzene rings is 1. The van der Waals surface area contributed by atoms with E-state index in [4.69, 9.17) is 9.15 Å². The molecule has 1 heterocycles. The summed E-state index contributed by atoms with van der Waals surface area (Å²) >= 11 is 0. The highest BCUT2D eigenvalue weighted by atomic mass is 19.1. The van der Waals surface area contributed by atoms with E-state index in [0.29, 0.717) is 11.3 Å². The van der Waals surface area contributed by atoms with Crippen LogP contribution in [0.1, 0.15) is 16.4 Å². The third kappa shape index (κ3) is 2.79. The minimum absolute atomic E-state index is 0.0267. The largest absolute Gasteiger partial charge is 0.463 e. The molecule has 0 fully saturated rings. The predicted octanol–water partition coefficient (Wildman–Crippen LogP) is 2.41. The van der Waals surface area contributed by atoms with Crippen molar-refractivity contribution in [3.05, 3.63) is 41.7 Å². The number of halogens is 1. The molecule has 0 radical (unpaired) electrons. The Bertz CT molecular complexity index is 577. The Kier molecular flexibility index (Phi) is 3.91. The summed E-state index contributed by atoms with van der Waals surface area (Å²) < 4.78 is 27.7. The summed E-state index contributed by atoms with van der Waals surface area (Å²) in [7, 11) is 2.73. The number of carbonyl (C=O) groups excluding carboxylic acids is 1. The number of nitrogens with zero attached hydrogens (tertiary/aromatic N) is 1. The van der Waals surface area contributed by atoms with Crippen LogP contribution in [-0.4, -0.2) is 25.2 Å². The van der Waals surface area contributed by atoms with Crippen molar-refractivity contribution >= 4 is 5.97 Å². The van der Waals surface area contributed by atoms with E-state index >= 15 is 0 Å². The summed E-state index contributed by atoms with van der Waals surface area (Å²) in [4.78, 5) is 15.8. The molecule has 6 heteroatoms. The number of hydrogen-bond acceptors (Lipinski definition) is 5. The zero-order valence-corrected chi connectivity index (χ0v) is 10.5. The lowest BCUT2D eigenvalue weighted by Crippen LogP contribution is -2.01. The summed E-state index contributed by atoms with van der Waals surface area (Å²) in [6.45, 7) is 0.130. The number of hydrogen-bond donors (Lipinski definition) is 0. The molecule has 1 aromatic carbocycles. The number of oxazole rings is 1. The molecule has 0 atom stereocenters.